The molecule has 0 amide bonds. The number of hydrogen-bond acceptors (Lipinski definition) is 4. The maximum Gasteiger partial charge on any atom is 0.356 e. The van der Waals surface area contributed by atoms with Crippen LogP contribution in [0.25, 0.3) is 0 Å². The number of rotatable bonds is 3. The minimum atomic E-state index is -1.03. The van der Waals surface area contributed by atoms with Crippen LogP contribution < -0.4 is 4.90 Å². The lowest BCUT2D eigenvalue weighted by Crippen LogP contribution is -2.35. The van der Waals surface area contributed by atoms with Crippen molar-refractivity contribution in [1.82, 2.24) is 10.2 Å². The summed E-state index contributed by atoms with van der Waals surface area (Å²) in [5.41, 5.74) is 0.00150. The lowest BCUT2D eigenvalue weighted by Gasteiger charge is -2.29. The van der Waals surface area contributed by atoms with Crippen LogP contribution >= 0.6 is 0 Å². The Labute approximate surface area is 107 Å². The normalized spacial score (nSPS) is 20.5. The Hall–Kier alpha value is -1.65. The van der Waals surface area contributed by atoms with Gasteiger partial charge in [0.1, 0.15) is 0 Å². The van der Waals surface area contributed by atoms with E-state index >= 15 is 0 Å². The molecule has 2 rings (SSSR count). The molecule has 0 aromatic carbocycles. The molecule has 1 aromatic heterocycles. The van der Waals surface area contributed by atoms with Crippen LogP contribution in [-0.4, -0.2) is 33.9 Å². The van der Waals surface area contributed by atoms with Crippen molar-refractivity contribution in [2.75, 3.05) is 11.4 Å². The minimum Gasteiger partial charge on any atom is -0.476 e. The Morgan fingerprint density at radius 2 is 2.22 bits per heavy atom. The summed E-state index contributed by atoms with van der Waals surface area (Å²) in [7, 11) is 0. The Kier molecular flexibility index (Phi) is 4.12. The molecule has 1 fully saturated rings. The highest BCUT2D eigenvalue weighted by Gasteiger charge is 2.21. The van der Waals surface area contributed by atoms with Gasteiger partial charge >= 0.3 is 5.97 Å². The molecule has 1 aliphatic heterocycles. The third-order valence-electron chi connectivity index (χ3n) is 3.51. The first-order valence-corrected chi connectivity index (χ1v) is 6.56. The summed E-state index contributed by atoms with van der Waals surface area (Å²) in [6.07, 6.45) is 5.95. The molecule has 0 aliphatic carbocycles. The van der Waals surface area contributed by atoms with Crippen molar-refractivity contribution in [1.29, 1.82) is 0 Å². The van der Waals surface area contributed by atoms with Crippen molar-refractivity contribution in [3.8, 4) is 0 Å². The molecule has 18 heavy (non-hydrogen) atoms. The van der Waals surface area contributed by atoms with Gasteiger partial charge in [0.05, 0.1) is 0 Å². The summed E-state index contributed by atoms with van der Waals surface area (Å²) in [5, 5.41) is 16.6. The molecule has 1 aliphatic rings. The van der Waals surface area contributed by atoms with Crippen LogP contribution in [0.5, 0.6) is 0 Å². The fraction of sp³-hybridized carbons (Fsp3) is 0.615. The number of carbonyl (C=O) groups is 1. The fourth-order valence-electron chi connectivity index (χ4n) is 2.50. The third kappa shape index (κ3) is 2.78. The predicted molar refractivity (Wildman–Crippen MR) is 68.9 cm³/mol. The molecule has 1 unspecified atom stereocenters. The number of aromatic nitrogens is 2. The number of aromatic carboxylic acids is 1. The van der Waals surface area contributed by atoms with Gasteiger partial charge in [-0.2, -0.15) is 0 Å². The Morgan fingerprint density at radius 1 is 1.39 bits per heavy atom. The molecular formula is C13H19N3O2. The Bertz CT molecular complexity index is 405. The van der Waals surface area contributed by atoms with Crippen LogP contribution in [-0.2, 0) is 0 Å². The van der Waals surface area contributed by atoms with Crippen LogP contribution in [0, 0.1) is 0 Å². The smallest absolute Gasteiger partial charge is 0.356 e. The molecule has 0 bridgehead atoms. The Balaban J connectivity index is 2.19. The van der Waals surface area contributed by atoms with E-state index in [-0.39, 0.29) is 5.69 Å². The average Bonchev–Trinajstić information content (AvgIpc) is 2.63. The highest BCUT2D eigenvalue weighted by atomic mass is 16.4. The van der Waals surface area contributed by atoms with Crippen LogP contribution in [0.2, 0.25) is 0 Å². The first kappa shape index (κ1) is 12.8. The lowest BCUT2D eigenvalue weighted by molar-refractivity contribution is 0.0689. The number of hydrogen-bond donors (Lipinski definition) is 1. The second kappa shape index (κ2) is 5.80. The van der Waals surface area contributed by atoms with Gasteiger partial charge < -0.3 is 10.0 Å². The average molecular weight is 249 g/mol. The molecule has 0 radical (unpaired) electrons. The summed E-state index contributed by atoms with van der Waals surface area (Å²) in [5.74, 6) is -0.231. The molecule has 5 heteroatoms. The zero-order valence-corrected chi connectivity index (χ0v) is 10.7. The lowest BCUT2D eigenvalue weighted by atomic mass is 10.1. The van der Waals surface area contributed by atoms with E-state index in [1.807, 2.05) is 0 Å². The maximum absolute atomic E-state index is 10.7. The van der Waals surface area contributed by atoms with Crippen LogP contribution in [0.15, 0.2) is 12.1 Å². The van der Waals surface area contributed by atoms with Gasteiger partial charge in [-0.05, 0) is 31.4 Å². The van der Waals surface area contributed by atoms with Gasteiger partial charge in [-0.25, -0.2) is 4.79 Å². The third-order valence-corrected chi connectivity index (χ3v) is 3.51. The van der Waals surface area contributed by atoms with Crippen LogP contribution in [0.4, 0.5) is 5.82 Å². The number of nitrogens with zero attached hydrogens (tertiary/aromatic N) is 3. The SMILES string of the molecule is CCC1CCCCCN1c1ccc(C(=O)O)nn1. The zero-order valence-electron chi connectivity index (χ0n) is 10.7. The number of carboxylic acids is 1. The van der Waals surface area contributed by atoms with E-state index in [0.29, 0.717) is 6.04 Å². The van der Waals surface area contributed by atoms with Gasteiger partial charge in [0, 0.05) is 12.6 Å². The molecule has 1 aromatic rings. The van der Waals surface area contributed by atoms with Gasteiger partial charge in [0.2, 0.25) is 0 Å². The van der Waals surface area contributed by atoms with Gasteiger partial charge in [-0.3, -0.25) is 0 Å². The van der Waals surface area contributed by atoms with E-state index in [1.165, 1.54) is 31.7 Å². The second-order valence-electron chi connectivity index (χ2n) is 4.69. The molecule has 2 heterocycles. The van der Waals surface area contributed by atoms with Crippen molar-refractivity contribution < 1.29 is 9.90 Å². The van der Waals surface area contributed by atoms with Crippen molar-refractivity contribution >= 4 is 11.8 Å². The molecule has 1 saturated heterocycles. The van der Waals surface area contributed by atoms with E-state index in [1.54, 1.807) is 6.07 Å². The van der Waals surface area contributed by atoms with E-state index in [0.717, 1.165) is 18.8 Å². The summed E-state index contributed by atoms with van der Waals surface area (Å²) in [4.78, 5) is 13.0. The molecule has 98 valence electrons. The molecule has 1 N–H and O–H groups in total. The van der Waals surface area contributed by atoms with Gasteiger partial charge in [-0.1, -0.05) is 19.8 Å². The van der Waals surface area contributed by atoms with E-state index in [9.17, 15) is 4.79 Å². The van der Waals surface area contributed by atoms with Crippen LogP contribution in [0.3, 0.4) is 0 Å². The summed E-state index contributed by atoms with van der Waals surface area (Å²) >= 11 is 0. The zero-order chi connectivity index (χ0) is 13.0. The molecule has 5 nitrogen and oxygen atoms in total. The summed E-state index contributed by atoms with van der Waals surface area (Å²) in [6.45, 7) is 3.17. The first-order chi connectivity index (χ1) is 8.72. The van der Waals surface area contributed by atoms with Crippen molar-refractivity contribution in [2.24, 2.45) is 0 Å². The quantitative estimate of drug-likeness (QED) is 0.890. The van der Waals surface area contributed by atoms with Crippen LogP contribution in [0.1, 0.15) is 49.5 Å². The topological polar surface area (TPSA) is 66.3 Å². The monoisotopic (exact) mass is 249 g/mol. The fourth-order valence-corrected chi connectivity index (χ4v) is 2.50. The number of carboxylic acid groups (broad SMARTS) is 1. The van der Waals surface area contributed by atoms with Gasteiger partial charge in [0.15, 0.2) is 11.5 Å². The Morgan fingerprint density at radius 3 is 2.83 bits per heavy atom. The molecular weight excluding hydrogens is 230 g/mol. The largest absolute Gasteiger partial charge is 0.476 e. The van der Waals surface area contributed by atoms with E-state index < -0.39 is 5.97 Å². The molecule has 1 atom stereocenters. The van der Waals surface area contributed by atoms with Crippen molar-refractivity contribution in [3.05, 3.63) is 17.8 Å². The molecule has 0 saturated carbocycles. The summed E-state index contributed by atoms with van der Waals surface area (Å²) < 4.78 is 0. The highest BCUT2D eigenvalue weighted by molar-refractivity contribution is 5.85. The van der Waals surface area contributed by atoms with Crippen molar-refractivity contribution in [2.45, 2.75) is 45.1 Å². The standard InChI is InChI=1S/C13H19N3O2/c1-2-10-6-4-3-5-9-16(10)12-8-7-11(13(17)18)14-15-12/h7-8,10H,2-6,9H2,1H3,(H,17,18). The van der Waals surface area contributed by atoms with E-state index in [4.69, 9.17) is 5.11 Å². The minimum absolute atomic E-state index is 0.00150. The van der Waals surface area contributed by atoms with Gasteiger partial charge in [0.25, 0.3) is 0 Å². The van der Waals surface area contributed by atoms with Gasteiger partial charge in [-0.15, -0.1) is 10.2 Å². The maximum atomic E-state index is 10.7. The highest BCUT2D eigenvalue weighted by Crippen LogP contribution is 2.23. The first-order valence-electron chi connectivity index (χ1n) is 6.56. The second-order valence-corrected chi connectivity index (χ2v) is 4.69. The van der Waals surface area contributed by atoms with Crippen molar-refractivity contribution in [3.63, 3.8) is 0 Å². The molecule has 0 spiro atoms. The number of anilines is 1. The summed E-state index contributed by atoms with van der Waals surface area (Å²) in [6, 6.07) is 3.80. The van der Waals surface area contributed by atoms with E-state index in [2.05, 4.69) is 22.0 Å². The predicted octanol–water partition coefficient (Wildman–Crippen LogP) is 2.33.